The fourth-order valence-electron chi connectivity index (χ4n) is 1.62. The molecule has 0 aliphatic heterocycles. The number of ether oxygens (including phenoxy) is 1. The van der Waals surface area contributed by atoms with Gasteiger partial charge in [0.15, 0.2) is 0 Å². The maximum atomic E-state index is 12.2. The van der Waals surface area contributed by atoms with E-state index in [-0.39, 0.29) is 5.97 Å². The molecule has 2 aromatic rings. The Labute approximate surface area is 133 Å². The van der Waals surface area contributed by atoms with Gasteiger partial charge in [-0.3, -0.25) is 5.43 Å². The summed E-state index contributed by atoms with van der Waals surface area (Å²) in [6, 6.07) is 7.11. The monoisotopic (exact) mass is 318 g/mol. The Morgan fingerprint density at radius 2 is 2.14 bits per heavy atom. The summed E-state index contributed by atoms with van der Waals surface area (Å²) in [6.07, 6.45) is 1.55. The Bertz CT molecular complexity index is 689. The van der Waals surface area contributed by atoms with Crippen molar-refractivity contribution in [2.75, 3.05) is 11.2 Å². The highest BCUT2D eigenvalue weighted by Crippen LogP contribution is 2.17. The summed E-state index contributed by atoms with van der Waals surface area (Å²) in [5.41, 5.74) is 8.88. The Morgan fingerprint density at radius 3 is 2.77 bits per heavy atom. The fraction of sp³-hybridized carbons (Fsp3) is 0.267. The molecule has 0 saturated heterocycles. The number of aromatic nitrogens is 1. The summed E-state index contributed by atoms with van der Waals surface area (Å²) in [5.74, 6) is 0.0601. The molecular formula is C15H18N4O2S. The molecule has 1 aromatic heterocycles. The van der Waals surface area contributed by atoms with E-state index in [2.05, 4.69) is 15.5 Å². The minimum Gasteiger partial charge on any atom is -0.456 e. The molecule has 0 bridgehead atoms. The van der Waals surface area contributed by atoms with Gasteiger partial charge in [0.05, 0.1) is 11.8 Å². The molecule has 0 saturated carbocycles. The minimum absolute atomic E-state index is 0.381. The highest BCUT2D eigenvalue weighted by Gasteiger charge is 2.19. The Kier molecular flexibility index (Phi) is 4.77. The van der Waals surface area contributed by atoms with E-state index in [1.54, 1.807) is 29.8 Å². The second-order valence-electron chi connectivity index (χ2n) is 5.54. The molecule has 0 spiro atoms. The van der Waals surface area contributed by atoms with Crippen LogP contribution in [0.5, 0.6) is 0 Å². The number of thiazole rings is 1. The molecule has 1 aromatic carbocycles. The van der Waals surface area contributed by atoms with Crippen molar-refractivity contribution in [2.24, 2.45) is 5.10 Å². The lowest BCUT2D eigenvalue weighted by Crippen LogP contribution is -2.24. The van der Waals surface area contributed by atoms with E-state index in [0.29, 0.717) is 22.1 Å². The molecule has 22 heavy (non-hydrogen) atoms. The van der Waals surface area contributed by atoms with Crippen LogP contribution in [0, 0.1) is 0 Å². The van der Waals surface area contributed by atoms with Gasteiger partial charge in [0.2, 0.25) is 5.13 Å². The molecule has 6 nitrogen and oxygen atoms in total. The van der Waals surface area contributed by atoms with Gasteiger partial charge in [0.25, 0.3) is 0 Å². The van der Waals surface area contributed by atoms with Crippen molar-refractivity contribution in [3.05, 3.63) is 40.8 Å². The second-order valence-corrected chi connectivity index (χ2v) is 6.39. The van der Waals surface area contributed by atoms with E-state index < -0.39 is 5.60 Å². The summed E-state index contributed by atoms with van der Waals surface area (Å²) in [5, 5.41) is 6.38. The number of benzene rings is 1. The number of hydrogen-bond donors (Lipinski definition) is 2. The smallest absolute Gasteiger partial charge is 0.339 e. The SMILES string of the molecule is CC(C)(C)OC(=O)c1ccccc1C=NNc1nc(N)cs1. The van der Waals surface area contributed by atoms with Gasteiger partial charge >= 0.3 is 5.97 Å². The molecule has 1 heterocycles. The first-order chi connectivity index (χ1) is 10.3. The number of anilines is 2. The van der Waals surface area contributed by atoms with E-state index in [0.717, 1.165) is 0 Å². The number of esters is 1. The second kappa shape index (κ2) is 6.57. The molecule has 0 amide bonds. The number of hydrazone groups is 1. The van der Waals surface area contributed by atoms with Crippen LogP contribution in [0.1, 0.15) is 36.7 Å². The zero-order valence-corrected chi connectivity index (χ0v) is 13.5. The number of nitrogens with zero attached hydrogens (tertiary/aromatic N) is 2. The summed E-state index contributed by atoms with van der Waals surface area (Å²) in [7, 11) is 0. The van der Waals surface area contributed by atoms with Gasteiger partial charge in [-0.2, -0.15) is 5.10 Å². The summed E-state index contributed by atoms with van der Waals surface area (Å²) in [6.45, 7) is 5.49. The Hall–Kier alpha value is -2.41. The first-order valence-electron chi connectivity index (χ1n) is 6.67. The third-order valence-electron chi connectivity index (χ3n) is 2.47. The highest BCUT2D eigenvalue weighted by molar-refractivity contribution is 7.14. The maximum Gasteiger partial charge on any atom is 0.339 e. The number of nitrogens with one attached hydrogen (secondary N) is 1. The van der Waals surface area contributed by atoms with Gasteiger partial charge in [-0.25, -0.2) is 9.78 Å². The first kappa shape index (κ1) is 16.0. The van der Waals surface area contributed by atoms with Crippen molar-refractivity contribution in [3.8, 4) is 0 Å². The van der Waals surface area contributed by atoms with E-state index in [4.69, 9.17) is 10.5 Å². The predicted molar refractivity (Wildman–Crippen MR) is 89.4 cm³/mol. The van der Waals surface area contributed by atoms with Crippen LogP contribution in [0.25, 0.3) is 0 Å². The molecule has 0 unspecified atom stereocenters. The Balaban J connectivity index is 2.12. The van der Waals surface area contributed by atoms with Crippen molar-refractivity contribution >= 4 is 34.5 Å². The molecule has 0 aliphatic carbocycles. The molecule has 2 rings (SSSR count). The number of hydrogen-bond acceptors (Lipinski definition) is 7. The van der Waals surface area contributed by atoms with E-state index in [1.165, 1.54) is 11.3 Å². The standard InChI is InChI=1S/C15H18N4O2S/c1-15(2,3)21-13(20)11-7-5-4-6-10(11)8-17-19-14-18-12(16)9-22-14/h4-9H,16H2,1-3H3,(H,18,19). The van der Waals surface area contributed by atoms with Crippen LogP contribution in [0.3, 0.4) is 0 Å². The molecule has 0 atom stereocenters. The largest absolute Gasteiger partial charge is 0.456 e. The highest BCUT2D eigenvalue weighted by atomic mass is 32.1. The van der Waals surface area contributed by atoms with Gasteiger partial charge in [-0.15, -0.1) is 11.3 Å². The number of rotatable bonds is 4. The van der Waals surface area contributed by atoms with Crippen molar-refractivity contribution in [1.29, 1.82) is 0 Å². The van der Waals surface area contributed by atoms with Crippen LogP contribution in [0.4, 0.5) is 10.9 Å². The average molecular weight is 318 g/mol. The molecule has 116 valence electrons. The van der Waals surface area contributed by atoms with Gasteiger partial charge in [0.1, 0.15) is 11.4 Å². The topological polar surface area (TPSA) is 89.6 Å². The average Bonchev–Trinajstić information content (AvgIpc) is 2.83. The van der Waals surface area contributed by atoms with Crippen LogP contribution in [0.15, 0.2) is 34.7 Å². The lowest BCUT2D eigenvalue weighted by atomic mass is 10.1. The minimum atomic E-state index is -0.544. The van der Waals surface area contributed by atoms with Gasteiger partial charge in [-0.1, -0.05) is 18.2 Å². The first-order valence-corrected chi connectivity index (χ1v) is 7.55. The van der Waals surface area contributed by atoms with Gasteiger partial charge in [0, 0.05) is 10.9 Å². The van der Waals surface area contributed by atoms with Crippen molar-refractivity contribution in [2.45, 2.75) is 26.4 Å². The molecule has 0 aliphatic rings. The Morgan fingerprint density at radius 1 is 1.41 bits per heavy atom. The van der Waals surface area contributed by atoms with Crippen LogP contribution in [0.2, 0.25) is 0 Å². The fourth-order valence-corrected chi connectivity index (χ4v) is 2.17. The van der Waals surface area contributed by atoms with Crippen LogP contribution in [-0.2, 0) is 4.74 Å². The lowest BCUT2D eigenvalue weighted by molar-refractivity contribution is 0.00694. The van der Waals surface area contributed by atoms with Crippen LogP contribution < -0.4 is 11.2 Å². The summed E-state index contributed by atoms with van der Waals surface area (Å²) in [4.78, 5) is 16.2. The molecular weight excluding hydrogens is 300 g/mol. The van der Waals surface area contributed by atoms with Crippen molar-refractivity contribution in [1.82, 2.24) is 4.98 Å². The van der Waals surface area contributed by atoms with E-state index in [9.17, 15) is 4.79 Å². The van der Waals surface area contributed by atoms with E-state index in [1.807, 2.05) is 26.8 Å². The molecule has 7 heteroatoms. The van der Waals surface area contributed by atoms with Crippen molar-refractivity contribution in [3.63, 3.8) is 0 Å². The van der Waals surface area contributed by atoms with Gasteiger partial charge < -0.3 is 10.5 Å². The predicted octanol–water partition coefficient (Wildman–Crippen LogP) is 3.13. The van der Waals surface area contributed by atoms with Gasteiger partial charge in [-0.05, 0) is 26.8 Å². The molecule has 0 radical (unpaired) electrons. The number of carbonyl (C=O) groups is 1. The summed E-state index contributed by atoms with van der Waals surface area (Å²) >= 11 is 1.35. The number of carbonyl (C=O) groups excluding carboxylic acids is 1. The third-order valence-corrected chi connectivity index (χ3v) is 3.23. The van der Waals surface area contributed by atoms with Crippen LogP contribution >= 0.6 is 11.3 Å². The quantitative estimate of drug-likeness (QED) is 0.513. The maximum absolute atomic E-state index is 12.2. The number of nitrogen functional groups attached to an aromatic ring is 1. The normalized spacial score (nSPS) is 11.6. The summed E-state index contributed by atoms with van der Waals surface area (Å²) < 4.78 is 5.38. The molecule has 3 N–H and O–H groups in total. The lowest BCUT2D eigenvalue weighted by Gasteiger charge is -2.20. The third kappa shape index (κ3) is 4.56. The molecule has 0 fully saturated rings. The number of nitrogens with two attached hydrogens (primary N) is 1. The zero-order chi connectivity index (χ0) is 16.2. The zero-order valence-electron chi connectivity index (χ0n) is 12.7. The van der Waals surface area contributed by atoms with Crippen LogP contribution in [-0.4, -0.2) is 22.8 Å². The van der Waals surface area contributed by atoms with Crippen molar-refractivity contribution < 1.29 is 9.53 Å². The van der Waals surface area contributed by atoms with E-state index >= 15 is 0 Å².